The van der Waals surface area contributed by atoms with Crippen LogP contribution in [0, 0.1) is 5.82 Å². The van der Waals surface area contributed by atoms with E-state index < -0.39 is 0 Å². The summed E-state index contributed by atoms with van der Waals surface area (Å²) in [6, 6.07) is 22.5. The van der Waals surface area contributed by atoms with E-state index in [9.17, 15) is 9.50 Å². The van der Waals surface area contributed by atoms with Crippen LogP contribution in [0.4, 0.5) is 10.1 Å². The van der Waals surface area contributed by atoms with Crippen LogP contribution in [-0.2, 0) is 6.54 Å². The third-order valence-corrected chi connectivity index (χ3v) is 5.89. The number of rotatable bonds is 4. The van der Waals surface area contributed by atoms with Crippen molar-refractivity contribution in [3.8, 4) is 5.75 Å². The lowest BCUT2D eigenvalue weighted by Crippen LogP contribution is -2.53. The summed E-state index contributed by atoms with van der Waals surface area (Å²) in [6.45, 7) is 4.64. The average molecular weight is 411 g/mol. The van der Waals surface area contributed by atoms with Gasteiger partial charge in [0.15, 0.2) is 0 Å². The predicted octanol–water partition coefficient (Wildman–Crippen LogP) is 5.64. The van der Waals surface area contributed by atoms with Gasteiger partial charge in [-0.2, -0.15) is 0 Å². The van der Waals surface area contributed by atoms with Crippen LogP contribution >= 0.6 is 11.6 Å². The van der Waals surface area contributed by atoms with Crippen LogP contribution in [0.2, 0.25) is 5.02 Å². The van der Waals surface area contributed by atoms with Crippen molar-refractivity contribution in [3.05, 3.63) is 94.8 Å². The fourth-order valence-electron chi connectivity index (χ4n) is 4.03. The summed E-state index contributed by atoms with van der Waals surface area (Å²) in [7, 11) is 0. The Kier molecular flexibility index (Phi) is 5.74. The minimum absolute atomic E-state index is 0.0255. The molecule has 2 atom stereocenters. The van der Waals surface area contributed by atoms with Gasteiger partial charge in [-0.3, -0.25) is 4.90 Å². The van der Waals surface area contributed by atoms with Gasteiger partial charge in [0.05, 0.1) is 16.8 Å². The van der Waals surface area contributed by atoms with Crippen molar-refractivity contribution in [1.29, 1.82) is 0 Å². The number of halogens is 2. The van der Waals surface area contributed by atoms with E-state index in [2.05, 4.69) is 41.0 Å². The number of benzene rings is 3. The Morgan fingerprint density at radius 3 is 2.41 bits per heavy atom. The number of aromatic hydroxyl groups is 1. The smallest absolute Gasteiger partial charge is 0.123 e. The molecule has 150 valence electrons. The molecule has 1 N–H and O–H groups in total. The molecule has 0 saturated carbocycles. The Bertz CT molecular complexity index is 964. The van der Waals surface area contributed by atoms with Crippen molar-refractivity contribution >= 4 is 17.3 Å². The third kappa shape index (κ3) is 4.39. The van der Waals surface area contributed by atoms with Gasteiger partial charge in [0.2, 0.25) is 0 Å². The van der Waals surface area contributed by atoms with Gasteiger partial charge < -0.3 is 10.0 Å². The molecule has 1 fully saturated rings. The molecule has 1 saturated heterocycles. The second-order valence-electron chi connectivity index (χ2n) is 7.62. The van der Waals surface area contributed by atoms with Crippen LogP contribution in [0.3, 0.4) is 0 Å². The highest BCUT2D eigenvalue weighted by atomic mass is 35.5. The molecule has 1 aliphatic heterocycles. The number of nitrogens with zero attached hydrogens (tertiary/aromatic N) is 2. The zero-order valence-electron chi connectivity index (χ0n) is 16.3. The van der Waals surface area contributed by atoms with Gasteiger partial charge in [-0.25, -0.2) is 4.39 Å². The van der Waals surface area contributed by atoms with Gasteiger partial charge >= 0.3 is 0 Å². The van der Waals surface area contributed by atoms with Crippen molar-refractivity contribution in [2.75, 3.05) is 18.0 Å². The Morgan fingerprint density at radius 2 is 1.72 bits per heavy atom. The van der Waals surface area contributed by atoms with Gasteiger partial charge in [0.1, 0.15) is 11.6 Å². The molecule has 3 aromatic rings. The molecule has 3 nitrogen and oxygen atoms in total. The van der Waals surface area contributed by atoms with E-state index in [1.54, 1.807) is 12.1 Å². The first-order chi connectivity index (χ1) is 14.0. The Hall–Kier alpha value is -2.56. The topological polar surface area (TPSA) is 26.7 Å². The van der Waals surface area contributed by atoms with Crippen molar-refractivity contribution in [3.63, 3.8) is 0 Å². The van der Waals surface area contributed by atoms with Crippen molar-refractivity contribution < 1.29 is 9.50 Å². The predicted molar refractivity (Wildman–Crippen MR) is 116 cm³/mol. The first-order valence-corrected chi connectivity index (χ1v) is 10.2. The van der Waals surface area contributed by atoms with E-state index in [-0.39, 0.29) is 17.6 Å². The molecule has 29 heavy (non-hydrogen) atoms. The van der Waals surface area contributed by atoms with Crippen LogP contribution in [0.15, 0.2) is 72.8 Å². The molecule has 0 aromatic heterocycles. The molecule has 1 aliphatic rings. The average Bonchev–Trinajstić information content (AvgIpc) is 2.71. The highest BCUT2D eigenvalue weighted by molar-refractivity contribution is 6.33. The molecule has 4 rings (SSSR count). The lowest BCUT2D eigenvalue weighted by Gasteiger charge is -2.47. The molecule has 0 aliphatic carbocycles. The SMILES string of the molecule is CC1CN(c2ccc(O)cc2Cl)[C@H](c2ccc(F)cc2)CN1Cc1ccccc1. The molecule has 0 bridgehead atoms. The Labute approximate surface area is 176 Å². The summed E-state index contributed by atoms with van der Waals surface area (Å²) in [5.74, 6) is -0.0962. The highest BCUT2D eigenvalue weighted by Gasteiger charge is 2.33. The van der Waals surface area contributed by atoms with Crippen molar-refractivity contribution in [1.82, 2.24) is 4.90 Å². The number of hydrogen-bond acceptors (Lipinski definition) is 3. The largest absolute Gasteiger partial charge is 0.508 e. The van der Waals surface area contributed by atoms with Gasteiger partial charge in [-0.05, 0) is 42.3 Å². The molecule has 0 amide bonds. The van der Waals surface area contributed by atoms with Crippen LogP contribution in [-0.4, -0.2) is 29.1 Å². The quantitative estimate of drug-likeness (QED) is 0.603. The summed E-state index contributed by atoms with van der Waals surface area (Å²) >= 11 is 6.48. The number of anilines is 1. The van der Waals surface area contributed by atoms with Gasteiger partial charge in [0.25, 0.3) is 0 Å². The molecule has 0 spiro atoms. The van der Waals surface area contributed by atoms with E-state index in [0.717, 1.165) is 30.9 Å². The van der Waals surface area contributed by atoms with Crippen LogP contribution in [0.1, 0.15) is 24.1 Å². The maximum absolute atomic E-state index is 13.5. The number of hydrogen-bond donors (Lipinski definition) is 1. The van der Waals surface area contributed by atoms with E-state index >= 15 is 0 Å². The standard InChI is InChI=1S/C24H24ClFN2O/c1-17-14-28(23-12-11-21(29)13-22(23)25)24(19-7-9-20(26)10-8-19)16-27(17)15-18-5-3-2-4-6-18/h2-13,17,24,29H,14-16H2,1H3/t17?,24-/m0/s1. The second kappa shape index (κ2) is 8.44. The summed E-state index contributed by atoms with van der Waals surface area (Å²) < 4.78 is 13.5. The van der Waals surface area contributed by atoms with E-state index in [4.69, 9.17) is 11.6 Å². The summed E-state index contributed by atoms with van der Waals surface area (Å²) in [4.78, 5) is 4.72. The molecule has 5 heteroatoms. The highest BCUT2D eigenvalue weighted by Crippen LogP contribution is 2.38. The van der Waals surface area contributed by atoms with Crippen LogP contribution < -0.4 is 4.90 Å². The minimum atomic E-state index is -0.242. The maximum atomic E-state index is 13.5. The number of piperazine rings is 1. The van der Waals surface area contributed by atoms with Gasteiger partial charge in [-0.15, -0.1) is 0 Å². The van der Waals surface area contributed by atoms with Gasteiger partial charge in [-0.1, -0.05) is 54.1 Å². The minimum Gasteiger partial charge on any atom is -0.508 e. The number of phenols is 1. The van der Waals surface area contributed by atoms with E-state index in [1.165, 1.54) is 17.7 Å². The van der Waals surface area contributed by atoms with E-state index in [1.807, 2.05) is 24.3 Å². The first kappa shape index (κ1) is 19.7. The fourth-order valence-corrected chi connectivity index (χ4v) is 4.31. The lowest BCUT2D eigenvalue weighted by atomic mass is 9.98. The second-order valence-corrected chi connectivity index (χ2v) is 8.03. The molecular formula is C24H24ClFN2O. The summed E-state index contributed by atoms with van der Waals surface area (Å²) in [6.07, 6.45) is 0. The maximum Gasteiger partial charge on any atom is 0.123 e. The Balaban J connectivity index is 1.68. The molecule has 1 heterocycles. The Morgan fingerprint density at radius 1 is 1.00 bits per heavy atom. The summed E-state index contributed by atoms with van der Waals surface area (Å²) in [5, 5.41) is 10.3. The molecular weight excluding hydrogens is 387 g/mol. The molecule has 3 aromatic carbocycles. The van der Waals surface area contributed by atoms with Crippen LogP contribution in [0.25, 0.3) is 0 Å². The zero-order valence-corrected chi connectivity index (χ0v) is 17.1. The fraction of sp³-hybridized carbons (Fsp3) is 0.250. The third-order valence-electron chi connectivity index (χ3n) is 5.59. The molecule has 0 radical (unpaired) electrons. The van der Waals surface area contributed by atoms with Crippen molar-refractivity contribution in [2.45, 2.75) is 25.6 Å². The lowest BCUT2D eigenvalue weighted by molar-refractivity contribution is 0.153. The van der Waals surface area contributed by atoms with Gasteiger partial charge in [0, 0.05) is 31.7 Å². The van der Waals surface area contributed by atoms with E-state index in [0.29, 0.717) is 11.1 Å². The number of phenolic OH excluding ortho intramolecular Hbond substituents is 1. The molecule has 1 unspecified atom stereocenters. The first-order valence-electron chi connectivity index (χ1n) is 9.80. The monoisotopic (exact) mass is 410 g/mol. The zero-order chi connectivity index (χ0) is 20.4. The van der Waals surface area contributed by atoms with Crippen LogP contribution in [0.5, 0.6) is 5.75 Å². The van der Waals surface area contributed by atoms with Crippen molar-refractivity contribution in [2.24, 2.45) is 0 Å². The normalized spacial score (nSPS) is 20.0. The summed E-state index contributed by atoms with van der Waals surface area (Å²) in [5.41, 5.74) is 3.19.